The van der Waals surface area contributed by atoms with Crippen molar-refractivity contribution in [1.82, 2.24) is 0 Å². The van der Waals surface area contributed by atoms with Gasteiger partial charge in [0.25, 0.3) is 0 Å². The minimum atomic E-state index is 0.231. The first-order valence-electron chi connectivity index (χ1n) is 6.26. The smallest absolute Gasteiger partial charge is 0.0504 e. The third-order valence-corrected chi connectivity index (χ3v) is 4.13. The van der Waals surface area contributed by atoms with Crippen molar-refractivity contribution in [3.63, 3.8) is 0 Å². The van der Waals surface area contributed by atoms with Crippen molar-refractivity contribution in [1.29, 1.82) is 0 Å². The largest absolute Gasteiger partial charge is 0.378 e. The van der Waals surface area contributed by atoms with Gasteiger partial charge >= 0.3 is 0 Å². The van der Waals surface area contributed by atoms with E-state index in [1.807, 2.05) is 18.2 Å². The molecule has 0 aliphatic carbocycles. The van der Waals surface area contributed by atoms with Crippen molar-refractivity contribution < 1.29 is 0 Å². The van der Waals surface area contributed by atoms with Crippen LogP contribution in [0.3, 0.4) is 0 Å². The van der Waals surface area contributed by atoms with Crippen LogP contribution in [0.5, 0.6) is 0 Å². The summed E-state index contributed by atoms with van der Waals surface area (Å²) in [5.74, 6) is 0. The van der Waals surface area contributed by atoms with Gasteiger partial charge in [-0.1, -0.05) is 35.4 Å². The van der Waals surface area contributed by atoms with Gasteiger partial charge in [0.15, 0.2) is 0 Å². The molecule has 1 unspecified atom stereocenters. The Morgan fingerprint density at radius 3 is 2.58 bits per heavy atom. The highest BCUT2D eigenvalue weighted by molar-refractivity contribution is 9.10. The van der Waals surface area contributed by atoms with Crippen molar-refractivity contribution in [3.8, 4) is 0 Å². The predicted octanol–water partition coefficient (Wildman–Crippen LogP) is 5.89. The maximum Gasteiger partial charge on any atom is 0.0504 e. The van der Waals surface area contributed by atoms with Crippen LogP contribution in [0.25, 0.3) is 0 Å². The molecule has 2 aromatic rings. The Kier molecular flexibility index (Phi) is 4.54. The number of hydrogen-bond donors (Lipinski definition) is 1. The second-order valence-corrected chi connectivity index (χ2v) is 6.14. The van der Waals surface area contributed by atoms with E-state index < -0.39 is 0 Å². The molecule has 0 aliphatic rings. The molecule has 0 aliphatic heterocycles. The van der Waals surface area contributed by atoms with Gasteiger partial charge in [0, 0.05) is 15.5 Å². The van der Waals surface area contributed by atoms with Crippen LogP contribution in [-0.2, 0) is 0 Å². The van der Waals surface area contributed by atoms with Gasteiger partial charge in [-0.25, -0.2) is 0 Å². The average molecular weight is 339 g/mol. The quantitative estimate of drug-likeness (QED) is 0.735. The van der Waals surface area contributed by atoms with E-state index in [0.717, 1.165) is 15.2 Å². The van der Waals surface area contributed by atoms with Gasteiger partial charge in [0.05, 0.1) is 5.69 Å². The van der Waals surface area contributed by atoms with E-state index in [-0.39, 0.29) is 6.04 Å². The van der Waals surface area contributed by atoms with E-state index in [1.165, 1.54) is 16.7 Å². The summed E-state index contributed by atoms with van der Waals surface area (Å²) >= 11 is 9.59. The lowest BCUT2D eigenvalue weighted by Crippen LogP contribution is -2.09. The number of benzene rings is 2. The lowest BCUT2D eigenvalue weighted by atomic mass is 10.00. The van der Waals surface area contributed by atoms with Gasteiger partial charge < -0.3 is 5.32 Å². The van der Waals surface area contributed by atoms with Gasteiger partial charge in [0.1, 0.15) is 0 Å². The summed E-state index contributed by atoms with van der Waals surface area (Å²) in [4.78, 5) is 0. The number of hydrogen-bond acceptors (Lipinski definition) is 1. The number of aryl methyl sites for hydroxylation is 2. The minimum Gasteiger partial charge on any atom is -0.378 e. The molecular formula is C16H17BrClN. The monoisotopic (exact) mass is 337 g/mol. The summed E-state index contributed by atoms with van der Waals surface area (Å²) in [6.45, 7) is 6.42. The van der Waals surface area contributed by atoms with Crippen LogP contribution in [-0.4, -0.2) is 0 Å². The molecule has 1 atom stereocenters. The number of anilines is 1. The Morgan fingerprint density at radius 2 is 1.84 bits per heavy atom. The summed E-state index contributed by atoms with van der Waals surface area (Å²) in [5, 5.41) is 4.24. The first kappa shape index (κ1) is 14.4. The van der Waals surface area contributed by atoms with E-state index in [2.05, 4.69) is 60.2 Å². The highest BCUT2D eigenvalue weighted by atomic mass is 79.9. The molecule has 19 heavy (non-hydrogen) atoms. The molecular weight excluding hydrogens is 322 g/mol. The summed E-state index contributed by atoms with van der Waals surface area (Å²) in [6, 6.07) is 12.5. The van der Waals surface area contributed by atoms with E-state index >= 15 is 0 Å². The van der Waals surface area contributed by atoms with Crippen molar-refractivity contribution in [2.75, 3.05) is 5.32 Å². The fraction of sp³-hybridized carbons (Fsp3) is 0.250. The maximum absolute atomic E-state index is 6.04. The second kappa shape index (κ2) is 5.98. The van der Waals surface area contributed by atoms with Crippen LogP contribution in [0.2, 0.25) is 5.02 Å². The van der Waals surface area contributed by atoms with Gasteiger partial charge in [-0.15, -0.1) is 0 Å². The molecule has 0 aromatic heterocycles. The van der Waals surface area contributed by atoms with E-state index in [4.69, 9.17) is 11.6 Å². The third kappa shape index (κ3) is 3.52. The molecule has 0 heterocycles. The van der Waals surface area contributed by atoms with Crippen LogP contribution in [0.1, 0.15) is 29.7 Å². The molecule has 0 bridgehead atoms. The van der Waals surface area contributed by atoms with Crippen LogP contribution in [0.15, 0.2) is 40.9 Å². The van der Waals surface area contributed by atoms with Crippen LogP contribution in [0, 0.1) is 13.8 Å². The maximum atomic E-state index is 6.04. The summed E-state index contributed by atoms with van der Waals surface area (Å²) < 4.78 is 1.02. The van der Waals surface area contributed by atoms with Crippen molar-refractivity contribution in [3.05, 3.63) is 62.6 Å². The minimum absolute atomic E-state index is 0.231. The fourth-order valence-corrected chi connectivity index (χ4v) is 2.68. The van der Waals surface area contributed by atoms with Gasteiger partial charge in [-0.2, -0.15) is 0 Å². The molecule has 100 valence electrons. The second-order valence-electron chi connectivity index (χ2n) is 4.85. The van der Waals surface area contributed by atoms with E-state index in [9.17, 15) is 0 Å². The summed E-state index contributed by atoms with van der Waals surface area (Å²) in [5.41, 5.74) is 4.90. The standard InChI is InChI=1S/C16H17BrClN/c1-10-4-5-11(2)14(8-10)12(3)19-16-9-13(18)6-7-15(16)17/h4-9,12,19H,1-3H3. The molecule has 0 radical (unpaired) electrons. The molecule has 0 fully saturated rings. The van der Waals surface area contributed by atoms with Crippen molar-refractivity contribution >= 4 is 33.2 Å². The Bertz CT molecular complexity index is 595. The lowest BCUT2D eigenvalue weighted by molar-refractivity contribution is 0.871. The van der Waals surface area contributed by atoms with Gasteiger partial charge in [-0.05, 0) is 66.0 Å². The van der Waals surface area contributed by atoms with Gasteiger partial charge in [0.2, 0.25) is 0 Å². The zero-order valence-corrected chi connectivity index (χ0v) is 13.6. The topological polar surface area (TPSA) is 12.0 Å². The number of halogens is 2. The molecule has 0 amide bonds. The third-order valence-electron chi connectivity index (χ3n) is 3.20. The summed E-state index contributed by atoms with van der Waals surface area (Å²) in [7, 11) is 0. The molecule has 0 spiro atoms. The molecule has 3 heteroatoms. The SMILES string of the molecule is Cc1ccc(C)c(C(C)Nc2cc(Cl)ccc2Br)c1. The van der Waals surface area contributed by atoms with Crippen LogP contribution >= 0.6 is 27.5 Å². The Labute approximate surface area is 128 Å². The lowest BCUT2D eigenvalue weighted by Gasteiger charge is -2.19. The molecule has 2 rings (SSSR count). The molecule has 2 aromatic carbocycles. The Balaban J connectivity index is 2.27. The molecule has 1 N–H and O–H groups in total. The predicted molar refractivity (Wildman–Crippen MR) is 87.1 cm³/mol. The highest BCUT2D eigenvalue weighted by Gasteiger charge is 2.10. The van der Waals surface area contributed by atoms with E-state index in [0.29, 0.717) is 0 Å². The van der Waals surface area contributed by atoms with Crippen molar-refractivity contribution in [2.24, 2.45) is 0 Å². The highest BCUT2D eigenvalue weighted by Crippen LogP contribution is 2.30. The fourth-order valence-electron chi connectivity index (χ4n) is 2.15. The van der Waals surface area contributed by atoms with Crippen LogP contribution in [0.4, 0.5) is 5.69 Å². The first-order valence-corrected chi connectivity index (χ1v) is 7.43. The number of nitrogens with one attached hydrogen (secondary N) is 1. The van der Waals surface area contributed by atoms with Crippen LogP contribution < -0.4 is 5.32 Å². The normalized spacial score (nSPS) is 12.3. The van der Waals surface area contributed by atoms with Gasteiger partial charge in [-0.3, -0.25) is 0 Å². The molecule has 0 saturated carbocycles. The zero-order chi connectivity index (χ0) is 14.0. The Morgan fingerprint density at radius 1 is 1.11 bits per heavy atom. The molecule has 1 nitrogen and oxygen atoms in total. The Hall–Kier alpha value is -0.990. The number of rotatable bonds is 3. The van der Waals surface area contributed by atoms with E-state index in [1.54, 1.807) is 0 Å². The summed E-state index contributed by atoms with van der Waals surface area (Å²) in [6.07, 6.45) is 0. The first-order chi connectivity index (χ1) is 8.97. The van der Waals surface area contributed by atoms with Crippen molar-refractivity contribution in [2.45, 2.75) is 26.8 Å². The average Bonchev–Trinajstić information content (AvgIpc) is 2.36. The molecule has 0 saturated heterocycles. The zero-order valence-electron chi connectivity index (χ0n) is 11.3.